The van der Waals surface area contributed by atoms with Crippen molar-refractivity contribution in [3.8, 4) is 0 Å². The molecule has 0 heterocycles. The van der Waals surface area contributed by atoms with Crippen LogP contribution in [0.15, 0.2) is 0 Å². The van der Waals surface area contributed by atoms with Crippen molar-refractivity contribution in [2.75, 3.05) is 7.11 Å². The number of hydrogen-bond acceptors (Lipinski definition) is 2. The molecule has 0 aliphatic heterocycles. The standard InChI is InChI=1S/C3H6O2.Hg/c1-3(4)5-2;/h1-2H3;. The Balaban J connectivity index is 0. The average molecular weight is 275 g/mol. The van der Waals surface area contributed by atoms with Crippen molar-refractivity contribution in [2.45, 2.75) is 6.92 Å². The molecular weight excluding hydrogens is 269 g/mol. The zero-order valence-corrected chi connectivity index (χ0v) is 9.52. The fourth-order valence-corrected chi connectivity index (χ4v) is 0. The van der Waals surface area contributed by atoms with Crippen molar-refractivity contribution in [1.29, 1.82) is 0 Å². The molecule has 0 unspecified atom stereocenters. The molecule has 0 aliphatic carbocycles. The summed E-state index contributed by atoms with van der Waals surface area (Å²) >= 11 is 0. The van der Waals surface area contributed by atoms with Gasteiger partial charge < -0.3 is 4.74 Å². The Kier molecular flexibility index (Phi) is 8.69. The van der Waals surface area contributed by atoms with Crippen LogP contribution in [-0.2, 0) is 37.2 Å². The zero-order chi connectivity index (χ0) is 4.28. The molecule has 0 aromatic rings. The van der Waals surface area contributed by atoms with E-state index in [0.29, 0.717) is 0 Å². The summed E-state index contributed by atoms with van der Waals surface area (Å²) in [5.41, 5.74) is 0. The summed E-state index contributed by atoms with van der Waals surface area (Å²) in [4.78, 5) is 9.59. The first kappa shape index (κ1) is 9.64. The molecule has 0 aromatic heterocycles. The van der Waals surface area contributed by atoms with Crippen LogP contribution in [0.25, 0.3) is 0 Å². The summed E-state index contributed by atoms with van der Waals surface area (Å²) in [5.74, 6) is -0.245. The topological polar surface area (TPSA) is 26.3 Å². The van der Waals surface area contributed by atoms with Gasteiger partial charge in [0, 0.05) is 34.6 Å². The van der Waals surface area contributed by atoms with Gasteiger partial charge in [0.2, 0.25) is 0 Å². The fraction of sp³-hybridized carbons (Fsp3) is 0.667. The summed E-state index contributed by atoms with van der Waals surface area (Å²) in [6.45, 7) is 1.36. The normalized spacial score (nSPS) is 5.67. The Morgan fingerprint density at radius 1 is 1.67 bits per heavy atom. The SMILES string of the molecule is COC(C)=O.[Hg]. The second-order valence-corrected chi connectivity index (χ2v) is 0.696. The Morgan fingerprint density at radius 2 is 1.83 bits per heavy atom. The van der Waals surface area contributed by atoms with Crippen LogP contribution < -0.4 is 0 Å². The van der Waals surface area contributed by atoms with E-state index < -0.39 is 0 Å². The van der Waals surface area contributed by atoms with Gasteiger partial charge in [-0.15, -0.1) is 0 Å². The predicted molar refractivity (Wildman–Crippen MR) is 17.7 cm³/mol. The van der Waals surface area contributed by atoms with Crippen molar-refractivity contribution in [2.24, 2.45) is 0 Å². The minimum absolute atomic E-state index is 0. The van der Waals surface area contributed by atoms with Gasteiger partial charge in [0.1, 0.15) is 0 Å². The van der Waals surface area contributed by atoms with Crippen LogP contribution in [0.1, 0.15) is 6.92 Å². The van der Waals surface area contributed by atoms with E-state index in [1.165, 1.54) is 14.0 Å². The fourth-order valence-electron chi connectivity index (χ4n) is 0. The van der Waals surface area contributed by atoms with E-state index in [2.05, 4.69) is 4.74 Å². The van der Waals surface area contributed by atoms with Crippen molar-refractivity contribution in [1.82, 2.24) is 0 Å². The number of carbonyl (C=O) groups is 1. The molecule has 0 radical (unpaired) electrons. The minimum Gasteiger partial charge on any atom is -0.469 e. The third-order valence-electron chi connectivity index (χ3n) is 0.287. The van der Waals surface area contributed by atoms with Gasteiger partial charge in [0.15, 0.2) is 0 Å². The van der Waals surface area contributed by atoms with Gasteiger partial charge in [0.25, 0.3) is 0 Å². The van der Waals surface area contributed by atoms with Gasteiger partial charge >= 0.3 is 5.97 Å². The third-order valence-corrected chi connectivity index (χ3v) is 0.287. The van der Waals surface area contributed by atoms with E-state index in [1.807, 2.05) is 0 Å². The number of carbonyl (C=O) groups excluding carboxylic acids is 1. The average Bonchev–Trinajstić information content (AvgIpc) is 1.38. The van der Waals surface area contributed by atoms with Gasteiger partial charge in [-0.2, -0.15) is 0 Å². The van der Waals surface area contributed by atoms with Crippen molar-refractivity contribution in [3.63, 3.8) is 0 Å². The van der Waals surface area contributed by atoms with Crippen LogP contribution in [0.3, 0.4) is 0 Å². The van der Waals surface area contributed by atoms with Crippen LogP contribution >= 0.6 is 0 Å². The molecule has 0 fully saturated rings. The Morgan fingerprint density at radius 3 is 1.83 bits per heavy atom. The number of ether oxygens (including phenoxy) is 1. The Labute approximate surface area is 57.4 Å². The molecule has 0 saturated heterocycles. The molecule has 0 atom stereocenters. The molecule has 0 aromatic carbocycles. The van der Waals surface area contributed by atoms with Gasteiger partial charge in [-0.3, -0.25) is 4.79 Å². The van der Waals surface area contributed by atoms with Crippen LogP contribution in [0, 0.1) is 0 Å². The molecule has 6 heavy (non-hydrogen) atoms. The summed E-state index contributed by atoms with van der Waals surface area (Å²) in [6, 6.07) is 0. The van der Waals surface area contributed by atoms with Gasteiger partial charge in [-0.1, -0.05) is 0 Å². The van der Waals surface area contributed by atoms with Crippen LogP contribution in [0.4, 0.5) is 0 Å². The molecule has 0 amide bonds. The number of esters is 1. The largest absolute Gasteiger partial charge is 0.469 e. The smallest absolute Gasteiger partial charge is 0.302 e. The molecule has 0 aliphatic rings. The summed E-state index contributed by atoms with van der Waals surface area (Å²) < 4.78 is 4.11. The molecule has 0 spiro atoms. The molecule has 0 rings (SSSR count). The van der Waals surface area contributed by atoms with Crippen molar-refractivity contribution >= 4 is 5.97 Å². The molecule has 2 nitrogen and oxygen atoms in total. The van der Waals surface area contributed by atoms with E-state index in [0.717, 1.165) is 0 Å². The third kappa shape index (κ3) is 8.83. The summed E-state index contributed by atoms with van der Waals surface area (Å²) in [7, 11) is 1.35. The van der Waals surface area contributed by atoms with Crippen molar-refractivity contribution in [3.05, 3.63) is 0 Å². The molecule has 0 N–H and O–H groups in total. The first-order valence-corrected chi connectivity index (χ1v) is 1.32. The number of methoxy groups -OCH3 is 1. The van der Waals surface area contributed by atoms with Gasteiger partial charge in [0.05, 0.1) is 7.11 Å². The van der Waals surface area contributed by atoms with Gasteiger partial charge in [-0.05, 0) is 0 Å². The zero-order valence-electron chi connectivity index (χ0n) is 4.02. The van der Waals surface area contributed by atoms with Crippen LogP contribution in [-0.4, -0.2) is 13.1 Å². The predicted octanol–water partition coefficient (Wildman–Crippen LogP) is 0.177. The summed E-state index contributed by atoms with van der Waals surface area (Å²) in [5, 5.41) is 0. The molecule has 3 heteroatoms. The van der Waals surface area contributed by atoms with Gasteiger partial charge in [-0.25, -0.2) is 0 Å². The van der Waals surface area contributed by atoms with E-state index in [1.54, 1.807) is 0 Å². The second-order valence-electron chi connectivity index (χ2n) is 0.696. The molecule has 0 saturated carbocycles. The first-order valence-electron chi connectivity index (χ1n) is 1.32. The second kappa shape index (κ2) is 5.41. The van der Waals surface area contributed by atoms with Crippen molar-refractivity contribution < 1.29 is 37.2 Å². The monoisotopic (exact) mass is 276 g/mol. The quantitative estimate of drug-likeness (QED) is 0.465. The maximum absolute atomic E-state index is 9.59. The maximum atomic E-state index is 9.59. The van der Waals surface area contributed by atoms with E-state index in [4.69, 9.17) is 0 Å². The Bertz CT molecular complexity index is 44.1. The van der Waals surface area contributed by atoms with E-state index in [-0.39, 0.29) is 33.6 Å². The maximum Gasteiger partial charge on any atom is 0.302 e. The first-order chi connectivity index (χ1) is 2.27. The molecule has 0 bridgehead atoms. The number of hydrogen-bond donors (Lipinski definition) is 0. The molecular formula is C3H6HgO2. The van der Waals surface area contributed by atoms with E-state index >= 15 is 0 Å². The van der Waals surface area contributed by atoms with Crippen LogP contribution in [0.5, 0.6) is 0 Å². The van der Waals surface area contributed by atoms with Crippen LogP contribution in [0.2, 0.25) is 0 Å². The molecule has 32 valence electrons. The summed E-state index contributed by atoms with van der Waals surface area (Å²) in [6.07, 6.45) is 0. The minimum atomic E-state index is -0.245. The number of rotatable bonds is 0. The Hall–Kier alpha value is 0.405. The van der Waals surface area contributed by atoms with E-state index in [9.17, 15) is 4.79 Å².